The van der Waals surface area contributed by atoms with Crippen molar-refractivity contribution in [2.75, 3.05) is 7.11 Å². The minimum Gasteiger partial charge on any atom is -0.468 e. The molecule has 3 rings (SSSR count). The van der Waals surface area contributed by atoms with E-state index in [9.17, 15) is 4.79 Å². The van der Waals surface area contributed by atoms with E-state index in [1.807, 2.05) is 60.8 Å². The summed E-state index contributed by atoms with van der Waals surface area (Å²) < 4.78 is 4.97. The maximum absolute atomic E-state index is 12.2. The molecule has 0 aliphatic carbocycles. The van der Waals surface area contributed by atoms with E-state index in [1.165, 1.54) is 7.11 Å². The van der Waals surface area contributed by atoms with Crippen molar-refractivity contribution >= 4 is 29.1 Å². The fourth-order valence-electron chi connectivity index (χ4n) is 2.53. The second-order valence-corrected chi connectivity index (χ2v) is 4.88. The summed E-state index contributed by atoms with van der Waals surface area (Å²) in [7, 11) is 1.42. The molecule has 0 fully saturated rings. The Kier molecular flexibility index (Phi) is 5.12. The van der Waals surface area contributed by atoms with Gasteiger partial charge in [-0.05, 0) is 22.4 Å². The first-order chi connectivity index (χ1) is 10.3. The van der Waals surface area contributed by atoms with Gasteiger partial charge in [-0.1, -0.05) is 42.5 Å². The number of benzene rings is 2. The van der Waals surface area contributed by atoms with Gasteiger partial charge in [-0.15, -0.1) is 12.4 Å². The third kappa shape index (κ3) is 3.10. The fraction of sp³-hybridized carbons (Fsp3) is 0.111. The molecule has 4 heteroatoms. The van der Waals surface area contributed by atoms with E-state index in [0.717, 1.165) is 22.0 Å². The number of methoxy groups -OCH3 is 1. The Bertz CT molecular complexity index is 774. The van der Waals surface area contributed by atoms with Gasteiger partial charge >= 0.3 is 5.97 Å². The Morgan fingerprint density at radius 2 is 1.73 bits per heavy atom. The van der Waals surface area contributed by atoms with Crippen LogP contribution in [0.3, 0.4) is 0 Å². The van der Waals surface area contributed by atoms with Crippen molar-refractivity contribution in [2.45, 2.75) is 5.92 Å². The van der Waals surface area contributed by atoms with Crippen molar-refractivity contribution in [3.05, 3.63) is 78.1 Å². The van der Waals surface area contributed by atoms with Crippen LogP contribution in [0.2, 0.25) is 0 Å². The Hall–Kier alpha value is -2.39. The molecule has 22 heavy (non-hydrogen) atoms. The molecule has 1 unspecified atom stereocenters. The number of aromatic nitrogens is 1. The highest BCUT2D eigenvalue weighted by Crippen LogP contribution is 2.26. The molecule has 0 amide bonds. The molecule has 0 saturated carbocycles. The molecule has 0 radical (unpaired) electrons. The van der Waals surface area contributed by atoms with E-state index in [2.05, 4.69) is 11.1 Å². The van der Waals surface area contributed by atoms with Crippen molar-refractivity contribution in [1.29, 1.82) is 0 Å². The third-order valence-corrected chi connectivity index (χ3v) is 3.59. The fourth-order valence-corrected chi connectivity index (χ4v) is 2.53. The second-order valence-electron chi connectivity index (χ2n) is 4.88. The number of hydrogen-bond acceptors (Lipinski definition) is 2. The molecule has 3 aromatic rings. The number of aromatic amines is 1. The van der Waals surface area contributed by atoms with E-state index >= 15 is 0 Å². The highest BCUT2D eigenvalue weighted by molar-refractivity contribution is 5.87. The van der Waals surface area contributed by atoms with E-state index < -0.39 is 5.92 Å². The average molecular weight is 315 g/mol. The first kappa shape index (κ1) is 16.0. The van der Waals surface area contributed by atoms with Crippen LogP contribution < -0.4 is 4.98 Å². The number of carbonyl (C=O) groups is 1. The number of ether oxygens (including phenoxy) is 1. The van der Waals surface area contributed by atoms with E-state index in [0.29, 0.717) is 0 Å². The normalized spacial score (nSPS) is 11.5. The number of hydrogen-bond donors (Lipinski definition) is 0. The lowest BCUT2D eigenvalue weighted by Gasteiger charge is -2.12. The number of halogens is 1. The van der Waals surface area contributed by atoms with Crippen LogP contribution in [-0.2, 0) is 9.53 Å². The van der Waals surface area contributed by atoms with Gasteiger partial charge in [0.2, 0.25) is 0 Å². The summed E-state index contributed by atoms with van der Waals surface area (Å²) in [5, 5.41) is 2.27. The average Bonchev–Trinajstić information content (AvgIpc) is 2.56. The van der Waals surface area contributed by atoms with Gasteiger partial charge in [0.25, 0.3) is 0 Å². The van der Waals surface area contributed by atoms with Crippen LogP contribution in [0.1, 0.15) is 17.2 Å². The van der Waals surface area contributed by atoms with Crippen molar-refractivity contribution < 1.29 is 14.5 Å². The number of H-pyrrole nitrogens is 1. The highest BCUT2D eigenvalue weighted by Gasteiger charge is 2.28. The summed E-state index contributed by atoms with van der Waals surface area (Å²) in [6.45, 7) is 0. The highest BCUT2D eigenvalue weighted by atomic mass is 35.5. The standard InChI is InChI=1S/C18H15NO2.ClH/c1-21-18(20)17(16-8-4-5-11-19-16)15-10-9-13-6-2-3-7-14(13)12-15;/h2-12,17H,1H3;1H/p+1. The van der Waals surface area contributed by atoms with E-state index in [1.54, 1.807) is 0 Å². The molecule has 0 aliphatic rings. The lowest BCUT2D eigenvalue weighted by Crippen LogP contribution is -2.23. The van der Waals surface area contributed by atoms with Crippen LogP contribution in [0.5, 0.6) is 0 Å². The van der Waals surface area contributed by atoms with Crippen molar-refractivity contribution in [2.24, 2.45) is 0 Å². The SMILES string of the molecule is COC(=O)C(c1ccc2ccccc2c1)c1cccc[nH+]1.Cl. The van der Waals surface area contributed by atoms with Crippen molar-refractivity contribution in [3.63, 3.8) is 0 Å². The summed E-state index contributed by atoms with van der Waals surface area (Å²) in [4.78, 5) is 15.3. The maximum atomic E-state index is 12.2. The number of fused-ring (bicyclic) bond motifs is 1. The van der Waals surface area contributed by atoms with Gasteiger partial charge in [0.05, 0.1) is 7.11 Å². The Balaban J connectivity index is 0.00000176. The molecule has 0 spiro atoms. The minimum atomic E-state index is -0.444. The summed E-state index contributed by atoms with van der Waals surface area (Å²) in [6.07, 6.45) is 1.81. The molecule has 1 atom stereocenters. The number of nitrogens with one attached hydrogen (secondary N) is 1. The second kappa shape index (κ2) is 7.05. The summed E-state index contributed by atoms with van der Waals surface area (Å²) in [6, 6.07) is 19.8. The molecule has 1 heterocycles. The summed E-state index contributed by atoms with van der Waals surface area (Å²) >= 11 is 0. The van der Waals surface area contributed by atoms with Crippen molar-refractivity contribution in [1.82, 2.24) is 0 Å². The van der Waals surface area contributed by atoms with Crippen LogP contribution in [0.4, 0.5) is 0 Å². The zero-order valence-electron chi connectivity index (χ0n) is 12.2. The first-order valence-electron chi connectivity index (χ1n) is 6.83. The zero-order chi connectivity index (χ0) is 14.7. The van der Waals surface area contributed by atoms with Crippen LogP contribution in [0, 0.1) is 0 Å². The summed E-state index contributed by atoms with van der Waals surface area (Å²) in [5.41, 5.74) is 1.74. The molecule has 112 valence electrons. The Morgan fingerprint density at radius 1 is 1.00 bits per heavy atom. The Labute approximate surface area is 135 Å². The smallest absolute Gasteiger partial charge is 0.323 e. The quantitative estimate of drug-likeness (QED) is 0.695. The molecule has 0 bridgehead atoms. The van der Waals surface area contributed by atoms with Crippen molar-refractivity contribution in [3.8, 4) is 0 Å². The molecule has 2 aromatic carbocycles. The maximum Gasteiger partial charge on any atom is 0.323 e. The van der Waals surface area contributed by atoms with Gasteiger partial charge < -0.3 is 4.74 Å². The van der Waals surface area contributed by atoms with Crippen LogP contribution in [0.25, 0.3) is 10.8 Å². The number of carbonyl (C=O) groups excluding carboxylic acids is 1. The van der Waals surface area contributed by atoms with E-state index in [4.69, 9.17) is 4.74 Å². The zero-order valence-corrected chi connectivity index (χ0v) is 13.0. The van der Waals surface area contributed by atoms with Gasteiger partial charge in [-0.3, -0.25) is 4.79 Å². The van der Waals surface area contributed by atoms with Gasteiger partial charge in [0, 0.05) is 12.1 Å². The topological polar surface area (TPSA) is 40.4 Å². The first-order valence-corrected chi connectivity index (χ1v) is 6.83. The third-order valence-electron chi connectivity index (χ3n) is 3.59. The van der Waals surface area contributed by atoms with Gasteiger partial charge in [0.15, 0.2) is 17.8 Å². The predicted molar refractivity (Wildman–Crippen MR) is 88.1 cm³/mol. The molecule has 1 N–H and O–H groups in total. The molecule has 1 aromatic heterocycles. The molecule has 3 nitrogen and oxygen atoms in total. The number of esters is 1. The Morgan fingerprint density at radius 3 is 2.41 bits per heavy atom. The minimum absolute atomic E-state index is 0. The largest absolute Gasteiger partial charge is 0.468 e. The lowest BCUT2D eigenvalue weighted by molar-refractivity contribution is -0.391. The van der Waals surface area contributed by atoms with Crippen LogP contribution in [-0.4, -0.2) is 13.1 Å². The van der Waals surface area contributed by atoms with Gasteiger partial charge in [-0.25, -0.2) is 4.98 Å². The monoisotopic (exact) mass is 314 g/mol. The number of pyridine rings is 1. The molecule has 0 saturated heterocycles. The molecule has 0 aliphatic heterocycles. The number of rotatable bonds is 3. The lowest BCUT2D eigenvalue weighted by atomic mass is 9.93. The molecular weight excluding hydrogens is 298 g/mol. The van der Waals surface area contributed by atoms with Gasteiger partial charge in [0.1, 0.15) is 0 Å². The predicted octanol–water partition coefficient (Wildman–Crippen LogP) is 3.38. The van der Waals surface area contributed by atoms with Crippen LogP contribution in [0.15, 0.2) is 66.9 Å². The summed E-state index contributed by atoms with van der Waals surface area (Å²) in [5.74, 6) is -0.714. The van der Waals surface area contributed by atoms with Crippen LogP contribution >= 0.6 is 12.4 Å². The van der Waals surface area contributed by atoms with Gasteiger partial charge in [-0.2, -0.15) is 0 Å². The molecular formula is C18H17ClNO2+. The van der Waals surface area contributed by atoms with E-state index in [-0.39, 0.29) is 18.4 Å².